The lowest BCUT2D eigenvalue weighted by Crippen LogP contribution is -1.94. The average molecular weight is 265 g/mol. The summed E-state index contributed by atoms with van der Waals surface area (Å²) in [5.41, 5.74) is 1.41. The summed E-state index contributed by atoms with van der Waals surface area (Å²) in [4.78, 5) is 12.6. The Morgan fingerprint density at radius 3 is 1.65 bits per heavy atom. The summed E-state index contributed by atoms with van der Waals surface area (Å²) in [7, 11) is 0. The van der Waals surface area contributed by atoms with E-state index >= 15 is 0 Å². The highest BCUT2D eigenvalue weighted by Gasteiger charge is 2.07. The molecule has 0 aliphatic carbocycles. The Morgan fingerprint density at radius 1 is 0.700 bits per heavy atom. The number of phenolic OH excluding ortho intramolecular Hbond substituents is 2. The van der Waals surface area contributed by atoms with Crippen LogP contribution in [-0.2, 0) is 0 Å². The highest BCUT2D eigenvalue weighted by atomic mass is 16.3. The minimum absolute atomic E-state index is 0.154. The number of hydrogen-bond acceptors (Lipinski definition) is 5. The van der Waals surface area contributed by atoms with Gasteiger partial charge >= 0.3 is 0 Å². The smallest absolute Gasteiger partial charge is 0.163 e. The highest BCUT2D eigenvalue weighted by molar-refractivity contribution is 5.62. The molecule has 20 heavy (non-hydrogen) atoms. The lowest BCUT2D eigenvalue weighted by molar-refractivity contribution is 0.475. The molecule has 1 aromatic heterocycles. The predicted octanol–water partition coefficient (Wildman–Crippen LogP) is 2.62. The zero-order valence-corrected chi connectivity index (χ0v) is 10.4. The highest BCUT2D eigenvalue weighted by Crippen LogP contribution is 2.23. The van der Waals surface area contributed by atoms with E-state index in [1.807, 2.05) is 0 Å². The maximum Gasteiger partial charge on any atom is 0.163 e. The SMILES string of the molecule is Oc1cccc(-c2ncnc(-c3cccc(O)c3)n2)c1. The second-order valence-corrected chi connectivity index (χ2v) is 4.23. The molecule has 0 spiro atoms. The van der Waals surface area contributed by atoms with Crippen molar-refractivity contribution < 1.29 is 10.2 Å². The first-order valence-corrected chi connectivity index (χ1v) is 6.00. The van der Waals surface area contributed by atoms with Gasteiger partial charge in [-0.2, -0.15) is 0 Å². The Balaban J connectivity index is 2.06. The summed E-state index contributed by atoms with van der Waals surface area (Å²) in [6, 6.07) is 13.4. The van der Waals surface area contributed by atoms with Crippen LogP contribution in [0, 0.1) is 0 Å². The minimum Gasteiger partial charge on any atom is -0.508 e. The number of aromatic hydroxyl groups is 2. The quantitative estimate of drug-likeness (QED) is 0.744. The molecule has 3 rings (SSSR count). The summed E-state index contributed by atoms with van der Waals surface area (Å²) in [6.07, 6.45) is 1.41. The van der Waals surface area contributed by atoms with Gasteiger partial charge in [-0.3, -0.25) is 0 Å². The van der Waals surface area contributed by atoms with E-state index in [2.05, 4.69) is 15.0 Å². The topological polar surface area (TPSA) is 79.1 Å². The van der Waals surface area contributed by atoms with E-state index in [0.29, 0.717) is 22.8 Å². The van der Waals surface area contributed by atoms with Gasteiger partial charge in [0.25, 0.3) is 0 Å². The third kappa shape index (κ3) is 2.42. The number of phenols is 2. The van der Waals surface area contributed by atoms with Crippen LogP contribution in [0.2, 0.25) is 0 Å². The van der Waals surface area contributed by atoms with Crippen LogP contribution in [0.1, 0.15) is 0 Å². The fourth-order valence-electron chi connectivity index (χ4n) is 1.86. The molecule has 0 aliphatic rings. The number of aromatic nitrogens is 3. The normalized spacial score (nSPS) is 10.4. The molecule has 2 N–H and O–H groups in total. The van der Waals surface area contributed by atoms with Crippen molar-refractivity contribution in [1.82, 2.24) is 15.0 Å². The molecule has 0 radical (unpaired) electrons. The predicted molar refractivity (Wildman–Crippen MR) is 74.0 cm³/mol. The van der Waals surface area contributed by atoms with Crippen molar-refractivity contribution in [3.8, 4) is 34.3 Å². The van der Waals surface area contributed by atoms with Crippen LogP contribution < -0.4 is 0 Å². The van der Waals surface area contributed by atoms with Gasteiger partial charge in [0.15, 0.2) is 11.6 Å². The summed E-state index contributed by atoms with van der Waals surface area (Å²) < 4.78 is 0. The molecule has 5 nitrogen and oxygen atoms in total. The number of benzene rings is 2. The first-order chi connectivity index (χ1) is 9.72. The Bertz CT molecular complexity index is 699. The molecule has 0 bridgehead atoms. The van der Waals surface area contributed by atoms with Crippen molar-refractivity contribution in [2.24, 2.45) is 0 Å². The van der Waals surface area contributed by atoms with E-state index in [4.69, 9.17) is 0 Å². The molecule has 3 aromatic rings. The standard InChI is InChI=1S/C15H11N3O2/c19-12-5-1-3-10(7-12)14-16-9-17-15(18-14)11-4-2-6-13(20)8-11/h1-9,19-20H. The van der Waals surface area contributed by atoms with Crippen molar-refractivity contribution in [3.05, 3.63) is 54.9 Å². The monoisotopic (exact) mass is 265 g/mol. The van der Waals surface area contributed by atoms with E-state index in [0.717, 1.165) is 0 Å². The molecule has 0 unspecified atom stereocenters. The van der Waals surface area contributed by atoms with Gasteiger partial charge in [0.05, 0.1) is 0 Å². The molecule has 1 heterocycles. The van der Waals surface area contributed by atoms with Gasteiger partial charge in [0.1, 0.15) is 17.8 Å². The van der Waals surface area contributed by atoms with Crippen LogP contribution in [0.25, 0.3) is 22.8 Å². The fraction of sp³-hybridized carbons (Fsp3) is 0. The van der Waals surface area contributed by atoms with E-state index < -0.39 is 0 Å². The molecular weight excluding hydrogens is 254 g/mol. The van der Waals surface area contributed by atoms with Crippen LogP contribution in [0.15, 0.2) is 54.9 Å². The van der Waals surface area contributed by atoms with E-state index in [-0.39, 0.29) is 11.5 Å². The Labute approximate surface area is 115 Å². The van der Waals surface area contributed by atoms with Crippen molar-refractivity contribution in [3.63, 3.8) is 0 Å². The van der Waals surface area contributed by atoms with Crippen molar-refractivity contribution in [1.29, 1.82) is 0 Å². The van der Waals surface area contributed by atoms with E-state index in [1.54, 1.807) is 48.5 Å². The van der Waals surface area contributed by atoms with Crippen LogP contribution in [0.3, 0.4) is 0 Å². The van der Waals surface area contributed by atoms with Crippen LogP contribution in [0.5, 0.6) is 11.5 Å². The maximum absolute atomic E-state index is 9.49. The second-order valence-electron chi connectivity index (χ2n) is 4.23. The van der Waals surface area contributed by atoms with Gasteiger partial charge in [-0.25, -0.2) is 15.0 Å². The zero-order chi connectivity index (χ0) is 13.9. The summed E-state index contributed by atoms with van der Waals surface area (Å²) in [5.74, 6) is 1.24. The fourth-order valence-corrected chi connectivity index (χ4v) is 1.86. The first kappa shape index (κ1) is 12.1. The second kappa shape index (κ2) is 4.97. The largest absolute Gasteiger partial charge is 0.508 e. The summed E-state index contributed by atoms with van der Waals surface area (Å²) >= 11 is 0. The molecule has 0 aliphatic heterocycles. The van der Waals surface area contributed by atoms with Crippen LogP contribution >= 0.6 is 0 Å². The number of rotatable bonds is 2. The Hall–Kier alpha value is -2.95. The third-order valence-electron chi connectivity index (χ3n) is 2.78. The molecular formula is C15H11N3O2. The number of hydrogen-bond donors (Lipinski definition) is 2. The summed E-state index contributed by atoms with van der Waals surface area (Å²) in [6.45, 7) is 0. The molecule has 0 saturated carbocycles. The molecule has 0 atom stereocenters. The molecule has 98 valence electrons. The summed E-state index contributed by atoms with van der Waals surface area (Å²) in [5, 5.41) is 19.0. The van der Waals surface area contributed by atoms with Gasteiger partial charge in [-0.1, -0.05) is 24.3 Å². The van der Waals surface area contributed by atoms with E-state index in [9.17, 15) is 10.2 Å². The lowest BCUT2D eigenvalue weighted by atomic mass is 10.2. The van der Waals surface area contributed by atoms with Gasteiger partial charge in [-0.15, -0.1) is 0 Å². The number of nitrogens with zero attached hydrogens (tertiary/aromatic N) is 3. The minimum atomic E-state index is 0.154. The van der Waals surface area contributed by atoms with Crippen LogP contribution in [-0.4, -0.2) is 25.2 Å². The Kier molecular flexibility index (Phi) is 3.01. The van der Waals surface area contributed by atoms with Gasteiger partial charge in [0, 0.05) is 11.1 Å². The van der Waals surface area contributed by atoms with Crippen molar-refractivity contribution >= 4 is 0 Å². The third-order valence-corrected chi connectivity index (χ3v) is 2.78. The Morgan fingerprint density at radius 2 is 1.20 bits per heavy atom. The lowest BCUT2D eigenvalue weighted by Gasteiger charge is -2.04. The first-order valence-electron chi connectivity index (χ1n) is 6.00. The average Bonchev–Trinajstić information content (AvgIpc) is 2.47. The van der Waals surface area contributed by atoms with Gasteiger partial charge < -0.3 is 10.2 Å². The van der Waals surface area contributed by atoms with Gasteiger partial charge in [-0.05, 0) is 24.3 Å². The molecule has 0 saturated heterocycles. The van der Waals surface area contributed by atoms with E-state index in [1.165, 1.54) is 6.33 Å². The molecule has 5 heteroatoms. The zero-order valence-electron chi connectivity index (χ0n) is 10.4. The van der Waals surface area contributed by atoms with Crippen molar-refractivity contribution in [2.75, 3.05) is 0 Å². The molecule has 0 amide bonds. The van der Waals surface area contributed by atoms with Gasteiger partial charge in [0.2, 0.25) is 0 Å². The van der Waals surface area contributed by atoms with Crippen molar-refractivity contribution in [2.45, 2.75) is 0 Å². The van der Waals surface area contributed by atoms with Crippen LogP contribution in [0.4, 0.5) is 0 Å². The molecule has 2 aromatic carbocycles. The maximum atomic E-state index is 9.49. The molecule has 0 fully saturated rings.